The van der Waals surface area contributed by atoms with Crippen molar-refractivity contribution in [2.24, 2.45) is 0 Å². The van der Waals surface area contributed by atoms with E-state index in [1.165, 1.54) is 12.1 Å². The highest BCUT2D eigenvalue weighted by Gasteiger charge is 2.19. The van der Waals surface area contributed by atoms with Gasteiger partial charge in [0, 0.05) is 18.8 Å². The molecule has 0 amide bonds. The Kier molecular flexibility index (Phi) is 3.18. The number of ether oxygens (including phenoxy) is 1. The molecular formula is C11H14FNO2. The van der Waals surface area contributed by atoms with E-state index in [0.717, 1.165) is 12.2 Å². The summed E-state index contributed by atoms with van der Waals surface area (Å²) in [6.45, 7) is 2.06. The van der Waals surface area contributed by atoms with E-state index in [2.05, 4.69) is 4.90 Å². The van der Waals surface area contributed by atoms with Crippen LogP contribution in [0.25, 0.3) is 0 Å². The summed E-state index contributed by atoms with van der Waals surface area (Å²) in [6, 6.07) is 6.38. The van der Waals surface area contributed by atoms with Crippen molar-refractivity contribution in [1.29, 1.82) is 0 Å². The lowest BCUT2D eigenvalue weighted by Crippen LogP contribution is -2.44. The lowest BCUT2D eigenvalue weighted by molar-refractivity contribution is 0.00356. The molecule has 1 aliphatic heterocycles. The Hall–Kier alpha value is -1.13. The Balaban J connectivity index is 2.06. The van der Waals surface area contributed by atoms with Gasteiger partial charge < -0.3 is 14.7 Å². The van der Waals surface area contributed by atoms with Gasteiger partial charge in [-0.15, -0.1) is 0 Å². The van der Waals surface area contributed by atoms with E-state index < -0.39 is 0 Å². The first-order valence-electron chi connectivity index (χ1n) is 5.02. The third-order valence-electron chi connectivity index (χ3n) is 2.53. The Bertz CT molecular complexity index is 315. The number of aliphatic hydroxyl groups excluding tert-OH is 1. The van der Waals surface area contributed by atoms with Gasteiger partial charge in [0.2, 0.25) is 0 Å². The van der Waals surface area contributed by atoms with Crippen molar-refractivity contribution < 1.29 is 14.2 Å². The number of anilines is 1. The van der Waals surface area contributed by atoms with Crippen LogP contribution in [0, 0.1) is 5.82 Å². The Morgan fingerprint density at radius 1 is 1.40 bits per heavy atom. The number of rotatable bonds is 2. The molecule has 0 bridgehead atoms. The zero-order valence-corrected chi connectivity index (χ0v) is 8.40. The molecule has 82 valence electrons. The van der Waals surface area contributed by atoms with Crippen molar-refractivity contribution in [2.45, 2.75) is 6.10 Å². The van der Waals surface area contributed by atoms with Gasteiger partial charge >= 0.3 is 0 Å². The highest BCUT2D eigenvalue weighted by molar-refractivity contribution is 5.46. The minimum absolute atomic E-state index is 0.0255. The van der Waals surface area contributed by atoms with Gasteiger partial charge in [-0.2, -0.15) is 0 Å². The molecule has 15 heavy (non-hydrogen) atoms. The molecule has 1 aliphatic rings. The van der Waals surface area contributed by atoms with Gasteiger partial charge in [-0.05, 0) is 24.3 Å². The maximum atomic E-state index is 12.7. The lowest BCUT2D eigenvalue weighted by atomic mass is 10.2. The highest BCUT2D eigenvalue weighted by atomic mass is 19.1. The first-order valence-corrected chi connectivity index (χ1v) is 5.02. The number of benzene rings is 1. The van der Waals surface area contributed by atoms with Crippen LogP contribution in [-0.2, 0) is 4.74 Å². The quantitative estimate of drug-likeness (QED) is 0.792. The van der Waals surface area contributed by atoms with Gasteiger partial charge in [0.1, 0.15) is 5.82 Å². The van der Waals surface area contributed by atoms with Gasteiger partial charge in [0.15, 0.2) is 0 Å². The van der Waals surface area contributed by atoms with Crippen molar-refractivity contribution in [3.8, 4) is 0 Å². The smallest absolute Gasteiger partial charge is 0.123 e. The lowest BCUT2D eigenvalue weighted by Gasteiger charge is -2.33. The van der Waals surface area contributed by atoms with Crippen LogP contribution in [0.4, 0.5) is 10.1 Å². The van der Waals surface area contributed by atoms with Gasteiger partial charge in [-0.3, -0.25) is 0 Å². The minimum atomic E-state index is -0.231. The highest BCUT2D eigenvalue weighted by Crippen LogP contribution is 2.17. The number of nitrogens with zero attached hydrogens (tertiary/aromatic N) is 1. The molecule has 1 heterocycles. The molecule has 1 unspecified atom stereocenters. The third-order valence-corrected chi connectivity index (χ3v) is 2.53. The molecule has 4 heteroatoms. The fraction of sp³-hybridized carbons (Fsp3) is 0.455. The first-order chi connectivity index (χ1) is 7.29. The SMILES string of the molecule is OCC1CN(c2ccc(F)cc2)CCO1. The summed E-state index contributed by atoms with van der Waals surface area (Å²) in [5, 5.41) is 8.99. The molecule has 0 radical (unpaired) electrons. The van der Waals surface area contributed by atoms with Gasteiger partial charge in [0.05, 0.1) is 19.3 Å². The molecule has 2 rings (SSSR count). The second kappa shape index (κ2) is 4.59. The van der Waals surface area contributed by atoms with E-state index in [4.69, 9.17) is 9.84 Å². The van der Waals surface area contributed by atoms with E-state index in [1.807, 2.05) is 0 Å². The zero-order chi connectivity index (χ0) is 10.7. The summed E-state index contributed by atoms with van der Waals surface area (Å²) in [5.41, 5.74) is 0.971. The standard InChI is InChI=1S/C11H14FNO2/c12-9-1-3-10(4-2-9)13-5-6-15-11(7-13)8-14/h1-4,11,14H,5-8H2. The molecule has 0 spiro atoms. The second-order valence-corrected chi connectivity index (χ2v) is 3.60. The third kappa shape index (κ3) is 2.46. The van der Waals surface area contributed by atoms with Crippen molar-refractivity contribution in [3.63, 3.8) is 0 Å². The average molecular weight is 211 g/mol. The van der Waals surface area contributed by atoms with Crippen LogP contribution >= 0.6 is 0 Å². The molecule has 1 N–H and O–H groups in total. The Labute approximate surface area is 88.1 Å². The largest absolute Gasteiger partial charge is 0.394 e. The summed E-state index contributed by atoms with van der Waals surface area (Å²) in [4.78, 5) is 2.09. The summed E-state index contributed by atoms with van der Waals surface area (Å²) in [7, 11) is 0. The molecule has 1 aromatic carbocycles. The summed E-state index contributed by atoms with van der Waals surface area (Å²) < 4.78 is 18.1. The van der Waals surface area contributed by atoms with E-state index in [1.54, 1.807) is 12.1 Å². The van der Waals surface area contributed by atoms with Crippen LogP contribution < -0.4 is 4.90 Å². The number of morpholine rings is 1. The molecule has 0 aromatic heterocycles. The van der Waals surface area contributed by atoms with E-state index >= 15 is 0 Å². The fourth-order valence-electron chi connectivity index (χ4n) is 1.72. The van der Waals surface area contributed by atoms with Crippen LogP contribution in [0.3, 0.4) is 0 Å². The predicted molar refractivity (Wildman–Crippen MR) is 55.4 cm³/mol. The number of halogens is 1. The number of hydrogen-bond donors (Lipinski definition) is 1. The average Bonchev–Trinajstić information content (AvgIpc) is 2.30. The van der Waals surface area contributed by atoms with Gasteiger partial charge in [-0.1, -0.05) is 0 Å². The van der Waals surface area contributed by atoms with E-state index in [0.29, 0.717) is 13.2 Å². The first kappa shape index (κ1) is 10.4. The van der Waals surface area contributed by atoms with E-state index in [-0.39, 0.29) is 18.5 Å². The topological polar surface area (TPSA) is 32.7 Å². The number of hydrogen-bond acceptors (Lipinski definition) is 3. The van der Waals surface area contributed by atoms with Crippen molar-refractivity contribution >= 4 is 5.69 Å². The van der Waals surface area contributed by atoms with Crippen molar-refractivity contribution in [2.75, 3.05) is 31.2 Å². The predicted octanol–water partition coefficient (Wildman–Crippen LogP) is 1.02. The van der Waals surface area contributed by atoms with Gasteiger partial charge in [0.25, 0.3) is 0 Å². The van der Waals surface area contributed by atoms with Crippen LogP contribution in [0.1, 0.15) is 0 Å². The maximum absolute atomic E-state index is 12.7. The Morgan fingerprint density at radius 3 is 2.80 bits per heavy atom. The molecule has 1 saturated heterocycles. The molecule has 0 aliphatic carbocycles. The summed E-state index contributed by atoms with van der Waals surface area (Å²) in [6.07, 6.45) is -0.135. The van der Waals surface area contributed by atoms with Crippen LogP contribution in [0.5, 0.6) is 0 Å². The van der Waals surface area contributed by atoms with Gasteiger partial charge in [-0.25, -0.2) is 4.39 Å². The fourth-order valence-corrected chi connectivity index (χ4v) is 1.72. The molecule has 1 fully saturated rings. The van der Waals surface area contributed by atoms with Crippen LogP contribution in [0.15, 0.2) is 24.3 Å². The molecule has 1 atom stereocenters. The molecule has 0 saturated carbocycles. The molecule has 3 nitrogen and oxygen atoms in total. The normalized spacial score (nSPS) is 21.7. The zero-order valence-electron chi connectivity index (χ0n) is 8.40. The van der Waals surface area contributed by atoms with Crippen molar-refractivity contribution in [3.05, 3.63) is 30.1 Å². The molecular weight excluding hydrogens is 197 g/mol. The van der Waals surface area contributed by atoms with Crippen LogP contribution in [0.2, 0.25) is 0 Å². The molecule has 1 aromatic rings. The summed E-state index contributed by atoms with van der Waals surface area (Å²) >= 11 is 0. The monoisotopic (exact) mass is 211 g/mol. The number of aliphatic hydroxyl groups is 1. The van der Waals surface area contributed by atoms with Crippen molar-refractivity contribution in [1.82, 2.24) is 0 Å². The summed E-state index contributed by atoms with van der Waals surface area (Å²) in [5.74, 6) is -0.231. The second-order valence-electron chi connectivity index (χ2n) is 3.60. The Morgan fingerprint density at radius 2 is 2.13 bits per heavy atom. The minimum Gasteiger partial charge on any atom is -0.394 e. The van der Waals surface area contributed by atoms with E-state index in [9.17, 15) is 4.39 Å². The maximum Gasteiger partial charge on any atom is 0.123 e. The van der Waals surface area contributed by atoms with Crippen LogP contribution in [-0.4, -0.2) is 37.5 Å².